The van der Waals surface area contributed by atoms with E-state index in [1.807, 2.05) is 32.0 Å². The number of ether oxygens (including phenoxy) is 1. The van der Waals surface area contributed by atoms with Crippen molar-refractivity contribution in [2.45, 2.75) is 25.3 Å². The molecule has 6 heteroatoms. The summed E-state index contributed by atoms with van der Waals surface area (Å²) in [6, 6.07) is 9.96. The van der Waals surface area contributed by atoms with Crippen LogP contribution in [0.15, 0.2) is 41.3 Å². The number of hydrogen-bond acceptors (Lipinski definition) is 4. The third-order valence-corrected chi connectivity index (χ3v) is 4.80. The van der Waals surface area contributed by atoms with E-state index in [-0.39, 0.29) is 22.1 Å². The first kappa shape index (κ1) is 17.5. The largest absolute Gasteiger partial charge is 0.457 e. The van der Waals surface area contributed by atoms with Gasteiger partial charge in [0.1, 0.15) is 6.61 Å². The van der Waals surface area contributed by atoms with Crippen molar-refractivity contribution < 1.29 is 17.9 Å². The molecule has 0 spiro atoms. The maximum Gasteiger partial charge on any atom is 0.338 e. The highest BCUT2D eigenvalue weighted by Crippen LogP contribution is 2.23. The fourth-order valence-electron chi connectivity index (χ4n) is 2.30. The second-order valence-corrected chi connectivity index (χ2v) is 7.88. The monoisotopic (exact) mass is 352 g/mol. The maximum absolute atomic E-state index is 12.1. The standard InChI is InChI=1S/C17H17ClO4S/c1-11-6-12(2)8-13(7-11)10-22-17(19)14-4-5-15(18)16(9-14)23(3,20)21/h4-9H,10H2,1-3H3. The smallest absolute Gasteiger partial charge is 0.338 e. The van der Waals surface area contributed by atoms with Crippen LogP contribution in [0.5, 0.6) is 0 Å². The Morgan fingerprint density at radius 1 is 1.09 bits per heavy atom. The van der Waals surface area contributed by atoms with E-state index in [9.17, 15) is 13.2 Å². The summed E-state index contributed by atoms with van der Waals surface area (Å²) in [5.41, 5.74) is 3.20. The van der Waals surface area contributed by atoms with Crippen molar-refractivity contribution in [3.63, 3.8) is 0 Å². The van der Waals surface area contributed by atoms with Gasteiger partial charge in [0.05, 0.1) is 15.5 Å². The van der Waals surface area contributed by atoms with Crippen molar-refractivity contribution in [1.29, 1.82) is 0 Å². The number of halogens is 1. The second kappa shape index (κ2) is 6.72. The molecule has 0 aliphatic rings. The molecule has 0 amide bonds. The van der Waals surface area contributed by atoms with Crippen molar-refractivity contribution in [3.8, 4) is 0 Å². The van der Waals surface area contributed by atoms with Crippen molar-refractivity contribution >= 4 is 27.4 Å². The number of hydrogen-bond donors (Lipinski definition) is 0. The molecule has 2 aromatic rings. The van der Waals surface area contributed by atoms with E-state index in [0.29, 0.717) is 0 Å². The van der Waals surface area contributed by atoms with Crippen LogP contribution in [0, 0.1) is 13.8 Å². The van der Waals surface area contributed by atoms with E-state index in [4.69, 9.17) is 16.3 Å². The molecule has 0 aliphatic carbocycles. The van der Waals surface area contributed by atoms with Gasteiger partial charge in [0.15, 0.2) is 9.84 Å². The first-order chi connectivity index (χ1) is 10.7. The Bertz CT molecular complexity index is 837. The van der Waals surface area contributed by atoms with Crippen LogP contribution in [0.4, 0.5) is 0 Å². The van der Waals surface area contributed by atoms with Gasteiger partial charge in [-0.05, 0) is 37.6 Å². The highest BCUT2D eigenvalue weighted by atomic mass is 35.5. The zero-order chi connectivity index (χ0) is 17.2. The lowest BCUT2D eigenvalue weighted by molar-refractivity contribution is 0.0472. The lowest BCUT2D eigenvalue weighted by Crippen LogP contribution is -2.07. The van der Waals surface area contributed by atoms with Crippen LogP contribution in [-0.2, 0) is 21.2 Å². The van der Waals surface area contributed by atoms with Gasteiger partial charge in [-0.15, -0.1) is 0 Å². The normalized spacial score (nSPS) is 11.3. The van der Waals surface area contributed by atoms with Gasteiger partial charge in [0.2, 0.25) is 0 Å². The van der Waals surface area contributed by atoms with Crippen molar-refractivity contribution in [2.24, 2.45) is 0 Å². The Hall–Kier alpha value is -1.85. The molecule has 2 rings (SSSR count). The predicted molar refractivity (Wildman–Crippen MR) is 89.6 cm³/mol. The van der Waals surface area contributed by atoms with Crippen LogP contribution in [0.25, 0.3) is 0 Å². The molecule has 122 valence electrons. The number of rotatable bonds is 4. The molecular formula is C17H17ClO4S. The molecule has 23 heavy (non-hydrogen) atoms. The van der Waals surface area contributed by atoms with Crippen molar-refractivity contribution in [1.82, 2.24) is 0 Å². The summed E-state index contributed by atoms with van der Waals surface area (Å²) in [5, 5.41) is 0.0818. The highest BCUT2D eigenvalue weighted by molar-refractivity contribution is 7.90. The summed E-state index contributed by atoms with van der Waals surface area (Å²) < 4.78 is 28.5. The minimum Gasteiger partial charge on any atom is -0.457 e. The summed E-state index contributed by atoms with van der Waals surface area (Å²) in [7, 11) is -3.51. The molecular weight excluding hydrogens is 336 g/mol. The average Bonchev–Trinajstić information content (AvgIpc) is 2.43. The zero-order valence-corrected chi connectivity index (χ0v) is 14.7. The van der Waals surface area contributed by atoms with Gasteiger partial charge in [0.25, 0.3) is 0 Å². The van der Waals surface area contributed by atoms with Gasteiger partial charge in [-0.25, -0.2) is 13.2 Å². The summed E-state index contributed by atoms with van der Waals surface area (Å²) >= 11 is 5.86. The van der Waals surface area contributed by atoms with E-state index < -0.39 is 15.8 Å². The molecule has 0 radical (unpaired) electrons. The van der Waals surface area contributed by atoms with E-state index >= 15 is 0 Å². The second-order valence-electron chi connectivity index (χ2n) is 5.49. The number of sulfone groups is 1. The molecule has 0 N–H and O–H groups in total. The SMILES string of the molecule is Cc1cc(C)cc(COC(=O)c2ccc(Cl)c(S(C)(=O)=O)c2)c1. The Morgan fingerprint density at radius 3 is 2.26 bits per heavy atom. The van der Waals surface area contributed by atoms with Gasteiger partial charge < -0.3 is 4.74 Å². The number of carbonyl (C=O) groups excluding carboxylic acids is 1. The van der Waals surface area contributed by atoms with Crippen LogP contribution < -0.4 is 0 Å². The van der Waals surface area contributed by atoms with Crippen molar-refractivity contribution in [2.75, 3.05) is 6.26 Å². The summed E-state index contributed by atoms with van der Waals surface area (Å²) in [6.45, 7) is 4.06. The van der Waals surface area contributed by atoms with Crippen LogP contribution >= 0.6 is 11.6 Å². The van der Waals surface area contributed by atoms with Crippen molar-refractivity contribution in [3.05, 3.63) is 63.7 Å². The molecule has 0 saturated carbocycles. The number of benzene rings is 2. The average molecular weight is 353 g/mol. The maximum atomic E-state index is 12.1. The van der Waals surface area contributed by atoms with Gasteiger partial charge >= 0.3 is 5.97 Å². The van der Waals surface area contributed by atoms with Crippen LogP contribution in [-0.4, -0.2) is 20.6 Å². The Balaban J connectivity index is 2.18. The molecule has 0 aliphatic heterocycles. The van der Waals surface area contributed by atoms with Gasteiger partial charge in [-0.3, -0.25) is 0 Å². The highest BCUT2D eigenvalue weighted by Gasteiger charge is 2.16. The topological polar surface area (TPSA) is 60.4 Å². The Morgan fingerprint density at radius 2 is 1.70 bits per heavy atom. The lowest BCUT2D eigenvalue weighted by atomic mass is 10.1. The minimum absolute atomic E-state index is 0.0818. The minimum atomic E-state index is -3.51. The predicted octanol–water partition coefficient (Wildman–Crippen LogP) is 3.72. The van der Waals surface area contributed by atoms with Crippen LogP contribution in [0.1, 0.15) is 27.0 Å². The molecule has 0 fully saturated rings. The fourth-order valence-corrected chi connectivity index (χ4v) is 3.60. The molecule has 0 unspecified atom stereocenters. The quantitative estimate of drug-likeness (QED) is 0.787. The van der Waals surface area contributed by atoms with Gasteiger partial charge in [0, 0.05) is 6.26 Å². The first-order valence-electron chi connectivity index (χ1n) is 6.91. The van der Waals surface area contributed by atoms with E-state index in [0.717, 1.165) is 22.9 Å². The molecule has 0 heterocycles. The summed E-state index contributed by atoms with van der Waals surface area (Å²) in [5.74, 6) is -0.592. The van der Waals surface area contributed by atoms with E-state index in [2.05, 4.69) is 0 Å². The molecule has 0 saturated heterocycles. The number of esters is 1. The fraction of sp³-hybridized carbons (Fsp3) is 0.235. The molecule has 2 aromatic carbocycles. The number of carbonyl (C=O) groups is 1. The summed E-state index contributed by atoms with van der Waals surface area (Å²) in [6.07, 6.45) is 1.04. The van der Waals surface area contributed by atoms with E-state index in [1.54, 1.807) is 0 Å². The van der Waals surface area contributed by atoms with E-state index in [1.165, 1.54) is 18.2 Å². The number of aryl methyl sites for hydroxylation is 2. The molecule has 0 aromatic heterocycles. The van der Waals surface area contributed by atoms with Crippen LogP contribution in [0.3, 0.4) is 0 Å². The van der Waals surface area contributed by atoms with Crippen LogP contribution in [0.2, 0.25) is 5.02 Å². The lowest BCUT2D eigenvalue weighted by Gasteiger charge is -2.08. The zero-order valence-electron chi connectivity index (χ0n) is 13.1. The van der Waals surface area contributed by atoms with Gasteiger partial charge in [-0.1, -0.05) is 40.9 Å². The Labute approximate surface area is 141 Å². The third kappa shape index (κ3) is 4.56. The molecule has 4 nitrogen and oxygen atoms in total. The Kier molecular flexibility index (Phi) is 5.12. The third-order valence-electron chi connectivity index (χ3n) is 3.22. The first-order valence-corrected chi connectivity index (χ1v) is 9.17. The summed E-state index contributed by atoms with van der Waals surface area (Å²) in [4.78, 5) is 12.0. The molecule has 0 atom stereocenters. The molecule has 0 bridgehead atoms. The van der Waals surface area contributed by atoms with Gasteiger partial charge in [-0.2, -0.15) is 0 Å².